The number of rotatable bonds is 4. The van der Waals surface area contributed by atoms with Crippen LogP contribution in [0, 0.1) is 0 Å². The van der Waals surface area contributed by atoms with Crippen molar-refractivity contribution in [1.82, 2.24) is 0 Å². The molecule has 0 aliphatic carbocycles. The Morgan fingerprint density at radius 2 is 1.81 bits per heavy atom. The van der Waals surface area contributed by atoms with Gasteiger partial charge in [-0.3, -0.25) is 4.55 Å². The van der Waals surface area contributed by atoms with Gasteiger partial charge in [0.1, 0.15) is 16.4 Å². The van der Waals surface area contributed by atoms with Crippen LogP contribution in [0.15, 0.2) is 21.9 Å². The highest BCUT2D eigenvalue weighted by atomic mass is 32.2. The summed E-state index contributed by atoms with van der Waals surface area (Å²) in [5, 5.41) is 29.6. The smallest absolute Gasteiger partial charge is 0.298 e. The third-order valence-electron chi connectivity index (χ3n) is 1.47. The fourth-order valence-corrected chi connectivity index (χ4v) is 1.86. The van der Waals surface area contributed by atoms with Crippen LogP contribution in [0.5, 0.6) is 11.5 Å². The molecule has 1 rings (SSSR count). The van der Waals surface area contributed by atoms with Crippen LogP contribution in [0.3, 0.4) is 0 Å². The molecule has 4 N–H and O–H groups in total. The van der Waals surface area contributed by atoms with E-state index >= 15 is 0 Å². The van der Waals surface area contributed by atoms with Gasteiger partial charge in [-0.2, -0.15) is 8.42 Å². The minimum atomic E-state index is -4.63. The zero-order valence-electron chi connectivity index (χ0n) is 7.39. The molecule has 1 aromatic rings. The molecule has 0 unspecified atom stereocenters. The van der Waals surface area contributed by atoms with Gasteiger partial charge in [0.05, 0.1) is 16.9 Å². The van der Waals surface area contributed by atoms with E-state index in [2.05, 4.69) is 9.37 Å². The molecular weight excluding hydrogens is 264 g/mol. The minimum absolute atomic E-state index is 0.126. The van der Waals surface area contributed by atoms with Crippen molar-refractivity contribution in [3.05, 3.63) is 12.1 Å². The molecule has 0 aromatic heterocycles. The highest BCUT2D eigenvalue weighted by molar-refractivity contribution is 7.94. The lowest BCUT2D eigenvalue weighted by Crippen LogP contribution is -1.98. The van der Waals surface area contributed by atoms with E-state index < -0.39 is 26.5 Å². The molecule has 0 saturated carbocycles. The number of aromatic hydroxyl groups is 2. The van der Waals surface area contributed by atoms with E-state index in [1.165, 1.54) is 0 Å². The van der Waals surface area contributed by atoms with E-state index in [0.29, 0.717) is 18.1 Å². The summed E-state index contributed by atoms with van der Waals surface area (Å²) in [5.41, 5.74) is 0. The van der Waals surface area contributed by atoms with Gasteiger partial charge in [0, 0.05) is 12.1 Å². The van der Waals surface area contributed by atoms with Gasteiger partial charge >= 0.3 is 0 Å². The second-order valence-electron chi connectivity index (χ2n) is 2.49. The quantitative estimate of drug-likeness (QED) is 0.206. The normalized spacial score (nSPS) is 11.6. The van der Waals surface area contributed by atoms with Gasteiger partial charge in [-0.15, -0.1) is 4.33 Å². The molecule has 16 heavy (non-hydrogen) atoms. The summed E-state index contributed by atoms with van der Waals surface area (Å²) >= 11 is 0.322. The van der Waals surface area contributed by atoms with Crippen molar-refractivity contribution in [3.8, 4) is 11.5 Å². The van der Waals surface area contributed by atoms with Gasteiger partial charge in [0.25, 0.3) is 10.1 Å². The Bertz CT molecular complexity index is 482. The molecule has 0 radical (unpaired) electrons. The Balaban J connectivity index is 3.17. The first-order valence-electron chi connectivity index (χ1n) is 3.54. The minimum Gasteiger partial charge on any atom is -0.507 e. The first-order valence-corrected chi connectivity index (χ1v) is 5.72. The van der Waals surface area contributed by atoms with Crippen molar-refractivity contribution in [2.75, 3.05) is 0 Å². The summed E-state index contributed by atoms with van der Waals surface area (Å²) < 4.78 is 34.1. The molecule has 90 valence electrons. The van der Waals surface area contributed by atoms with E-state index in [4.69, 9.17) is 9.81 Å². The Hall–Kier alpha value is -1.04. The first kappa shape index (κ1) is 13.0. The second-order valence-corrected chi connectivity index (χ2v) is 4.62. The van der Waals surface area contributed by atoms with Gasteiger partial charge in [-0.1, -0.05) is 5.04 Å². The van der Waals surface area contributed by atoms with Crippen LogP contribution in [0.25, 0.3) is 0 Å². The van der Waals surface area contributed by atoms with Crippen LogP contribution in [0.1, 0.15) is 0 Å². The van der Waals surface area contributed by atoms with Crippen LogP contribution >= 0.6 is 12.0 Å². The lowest BCUT2D eigenvalue weighted by atomic mass is 10.3. The maximum Gasteiger partial charge on any atom is 0.298 e. The maximum absolute atomic E-state index is 10.7. The zero-order valence-corrected chi connectivity index (χ0v) is 9.03. The monoisotopic (exact) mass is 270 g/mol. The third-order valence-corrected chi connectivity index (χ3v) is 2.99. The Kier molecular flexibility index (Phi) is 3.96. The number of phenols is 2. The van der Waals surface area contributed by atoms with E-state index in [9.17, 15) is 18.6 Å². The Labute approximate surface area is 93.9 Å². The fourth-order valence-electron chi connectivity index (χ4n) is 0.864. The number of benzene rings is 1. The van der Waals surface area contributed by atoms with Gasteiger partial charge in [0.15, 0.2) is 0 Å². The topological polar surface area (TPSA) is 134 Å². The largest absolute Gasteiger partial charge is 0.507 e. The fraction of sp³-hybridized carbons (Fsp3) is 0. The van der Waals surface area contributed by atoms with E-state index in [1.54, 1.807) is 0 Å². The second kappa shape index (κ2) is 4.86. The molecule has 1 aromatic carbocycles. The lowest BCUT2D eigenvalue weighted by molar-refractivity contribution is -0.432. The van der Waals surface area contributed by atoms with E-state index in [-0.39, 0.29) is 4.90 Å². The van der Waals surface area contributed by atoms with Crippen LogP contribution in [-0.4, -0.2) is 28.4 Å². The van der Waals surface area contributed by atoms with Crippen molar-refractivity contribution >= 4 is 22.2 Å². The van der Waals surface area contributed by atoms with Gasteiger partial charge in [0.2, 0.25) is 0 Å². The molecule has 0 atom stereocenters. The van der Waals surface area contributed by atoms with Crippen molar-refractivity contribution in [1.29, 1.82) is 0 Å². The molecule has 0 amide bonds. The summed E-state index contributed by atoms with van der Waals surface area (Å²) in [7, 11) is -4.63. The van der Waals surface area contributed by atoms with Crippen molar-refractivity contribution in [3.63, 3.8) is 0 Å². The summed E-state index contributed by atoms with van der Waals surface area (Å²) in [5.74, 6) is -1.38. The SMILES string of the molecule is O=S(=O)(O)c1cc(O)c(SOOO)cc1O. The molecule has 0 aliphatic heterocycles. The van der Waals surface area contributed by atoms with E-state index in [0.717, 1.165) is 6.07 Å². The summed E-state index contributed by atoms with van der Waals surface area (Å²) in [4.78, 5) is -0.974. The highest BCUT2D eigenvalue weighted by Gasteiger charge is 2.19. The van der Waals surface area contributed by atoms with Gasteiger partial charge < -0.3 is 10.2 Å². The van der Waals surface area contributed by atoms with Crippen LogP contribution < -0.4 is 0 Å². The molecule has 0 bridgehead atoms. The summed E-state index contributed by atoms with van der Waals surface area (Å²) in [6.45, 7) is 0. The molecule has 0 heterocycles. The standard InChI is InChI=1S/C6H6O8S2/c7-3-2-6(16(10,11)12)4(8)1-5(3)15-14-13-9/h1-2,7-9H,(H,10,11,12). The Morgan fingerprint density at radius 3 is 2.31 bits per heavy atom. The predicted molar refractivity (Wildman–Crippen MR) is 50.2 cm³/mol. The zero-order chi connectivity index (χ0) is 12.3. The average molecular weight is 270 g/mol. The molecule has 0 saturated heterocycles. The average Bonchev–Trinajstić information content (AvgIpc) is 2.17. The molecule has 0 aliphatic rings. The lowest BCUT2D eigenvalue weighted by Gasteiger charge is -2.05. The molecule has 0 spiro atoms. The van der Waals surface area contributed by atoms with Crippen LogP contribution in [0.2, 0.25) is 0 Å². The van der Waals surface area contributed by atoms with Crippen LogP contribution in [0.4, 0.5) is 0 Å². The molecular formula is C6H6O8S2. The predicted octanol–water partition coefficient (Wildman–Crippen LogP) is 0.773. The maximum atomic E-state index is 10.7. The van der Waals surface area contributed by atoms with Gasteiger partial charge in [-0.25, -0.2) is 5.26 Å². The molecule has 0 fully saturated rings. The number of hydrogen-bond donors (Lipinski definition) is 4. The first-order chi connectivity index (χ1) is 7.36. The van der Waals surface area contributed by atoms with Crippen molar-refractivity contribution in [2.45, 2.75) is 9.79 Å². The number of phenolic OH excluding ortho intramolecular Hbond substituents is 2. The third kappa shape index (κ3) is 2.98. The van der Waals surface area contributed by atoms with Crippen molar-refractivity contribution < 1.29 is 37.8 Å². The summed E-state index contributed by atoms with van der Waals surface area (Å²) in [6.07, 6.45) is 0. The van der Waals surface area contributed by atoms with Crippen molar-refractivity contribution in [2.24, 2.45) is 0 Å². The number of hydrogen-bond acceptors (Lipinski definition) is 8. The highest BCUT2D eigenvalue weighted by Crippen LogP contribution is 2.36. The molecule has 8 nitrogen and oxygen atoms in total. The summed E-state index contributed by atoms with van der Waals surface area (Å²) in [6, 6.07) is 1.43. The molecule has 10 heteroatoms. The van der Waals surface area contributed by atoms with E-state index in [1.807, 2.05) is 0 Å². The van der Waals surface area contributed by atoms with Gasteiger partial charge in [-0.05, 0) is 0 Å². The van der Waals surface area contributed by atoms with Crippen LogP contribution in [-0.2, 0) is 19.5 Å². The Morgan fingerprint density at radius 1 is 1.19 bits per heavy atom.